The van der Waals surface area contributed by atoms with E-state index in [0.717, 1.165) is 46.4 Å². The van der Waals surface area contributed by atoms with Crippen LogP contribution in [0.2, 0.25) is 0 Å². The van der Waals surface area contributed by atoms with E-state index in [4.69, 9.17) is 15.5 Å². The fourth-order valence-corrected chi connectivity index (χ4v) is 6.12. The first kappa shape index (κ1) is 22.1. The van der Waals surface area contributed by atoms with Gasteiger partial charge < -0.3 is 20.7 Å². The van der Waals surface area contributed by atoms with E-state index in [1.165, 1.54) is 0 Å². The summed E-state index contributed by atoms with van der Waals surface area (Å²) in [6, 6.07) is 15.5. The zero-order chi connectivity index (χ0) is 23.1. The Hall–Kier alpha value is -2.68. The Morgan fingerprint density at radius 2 is 1.94 bits per heavy atom. The fraction of sp³-hybridized carbons (Fsp3) is 0.400. The molecular weight excluding hydrogens is 436 g/mol. The Kier molecular flexibility index (Phi) is 5.76. The largest absolute Gasteiger partial charge is 0.383 e. The van der Waals surface area contributed by atoms with Crippen molar-refractivity contribution in [3.05, 3.63) is 59.7 Å². The molecule has 3 aromatic rings. The van der Waals surface area contributed by atoms with Crippen molar-refractivity contribution >= 4 is 32.2 Å². The van der Waals surface area contributed by atoms with Crippen LogP contribution in [0.25, 0.3) is 10.9 Å². The van der Waals surface area contributed by atoms with Crippen LogP contribution in [0.1, 0.15) is 24.0 Å². The van der Waals surface area contributed by atoms with Crippen molar-refractivity contribution in [3.8, 4) is 0 Å². The zero-order valence-electron chi connectivity index (χ0n) is 18.9. The van der Waals surface area contributed by atoms with Crippen LogP contribution in [0.5, 0.6) is 0 Å². The van der Waals surface area contributed by atoms with E-state index in [9.17, 15) is 8.42 Å². The molecule has 174 valence electrons. The zero-order valence-corrected chi connectivity index (χ0v) is 19.7. The summed E-state index contributed by atoms with van der Waals surface area (Å²) in [5, 5.41) is 4.63. The minimum absolute atomic E-state index is 0.0618. The lowest BCUT2D eigenvalue weighted by atomic mass is 9.91. The van der Waals surface area contributed by atoms with Gasteiger partial charge >= 0.3 is 0 Å². The Bertz CT molecular complexity index is 1290. The lowest BCUT2D eigenvalue weighted by Gasteiger charge is -2.34. The Morgan fingerprint density at radius 3 is 2.76 bits per heavy atom. The average Bonchev–Trinajstić information content (AvgIpc) is 2.94. The molecule has 2 aromatic carbocycles. The third-order valence-corrected chi connectivity index (χ3v) is 8.48. The molecule has 2 aliphatic heterocycles. The van der Waals surface area contributed by atoms with Gasteiger partial charge in [0.15, 0.2) is 9.84 Å². The van der Waals surface area contributed by atoms with Gasteiger partial charge in [-0.1, -0.05) is 29.8 Å². The number of hydrogen-bond acceptors (Lipinski definition) is 7. The summed E-state index contributed by atoms with van der Waals surface area (Å²) in [5.74, 6) is 0.825. The monoisotopic (exact) mass is 466 g/mol. The third kappa shape index (κ3) is 4.55. The molecule has 3 N–H and O–H groups in total. The Morgan fingerprint density at radius 1 is 1.15 bits per heavy atom. The first-order valence-electron chi connectivity index (χ1n) is 11.4. The van der Waals surface area contributed by atoms with Crippen LogP contribution in [0.4, 0.5) is 11.5 Å². The van der Waals surface area contributed by atoms with Crippen LogP contribution >= 0.6 is 0 Å². The molecule has 0 saturated carbocycles. The predicted octanol–water partition coefficient (Wildman–Crippen LogP) is 3.26. The van der Waals surface area contributed by atoms with Crippen molar-refractivity contribution in [2.75, 3.05) is 42.3 Å². The number of rotatable bonds is 4. The van der Waals surface area contributed by atoms with Crippen molar-refractivity contribution in [1.82, 2.24) is 4.98 Å². The second-order valence-corrected chi connectivity index (χ2v) is 11.3. The highest BCUT2D eigenvalue weighted by Crippen LogP contribution is 2.32. The molecule has 0 spiro atoms. The number of benzene rings is 2. The molecule has 1 fully saturated rings. The van der Waals surface area contributed by atoms with Gasteiger partial charge in [0.2, 0.25) is 0 Å². The second-order valence-electron chi connectivity index (χ2n) is 9.23. The van der Waals surface area contributed by atoms with Gasteiger partial charge in [0.05, 0.1) is 16.2 Å². The number of nitrogens with zero attached hydrogens (tertiary/aromatic N) is 2. The van der Waals surface area contributed by atoms with Crippen molar-refractivity contribution < 1.29 is 13.2 Å². The van der Waals surface area contributed by atoms with Crippen LogP contribution in [0.15, 0.2) is 53.4 Å². The van der Waals surface area contributed by atoms with Crippen LogP contribution in [0, 0.1) is 6.92 Å². The number of aromatic nitrogens is 1. The van der Waals surface area contributed by atoms with Gasteiger partial charge in [-0.25, -0.2) is 13.4 Å². The summed E-state index contributed by atoms with van der Waals surface area (Å²) in [7, 11) is -3.32. The molecular formula is C25H30N4O3S. The number of fused-ring (bicyclic) bond motifs is 2. The molecule has 0 atom stereocenters. The number of ether oxygens (including phenoxy) is 1. The Labute approximate surface area is 194 Å². The summed E-state index contributed by atoms with van der Waals surface area (Å²) in [5.41, 5.74) is 10.1. The number of hydrogen-bond donors (Lipinski definition) is 2. The van der Waals surface area contributed by atoms with Crippen LogP contribution in [-0.2, 0) is 21.1 Å². The molecule has 5 rings (SSSR count). The number of nitrogens with two attached hydrogens (primary N) is 1. The van der Waals surface area contributed by atoms with E-state index in [2.05, 4.69) is 23.2 Å². The smallest absolute Gasteiger partial charge is 0.180 e. The Balaban J connectivity index is 1.52. The highest BCUT2D eigenvalue weighted by molar-refractivity contribution is 7.91. The molecule has 1 aromatic heterocycles. The van der Waals surface area contributed by atoms with Gasteiger partial charge in [-0.2, -0.15) is 0 Å². The van der Waals surface area contributed by atoms with Gasteiger partial charge in [0, 0.05) is 55.5 Å². The SMILES string of the molecule is Cc1ccc2nc(N3CCS(=O)(=O)c4ccccc4C3)cc(NCC3(N)CCOCC3)c2c1. The molecule has 1 saturated heterocycles. The number of nitrogens with one attached hydrogen (secondary N) is 1. The maximum absolute atomic E-state index is 12.8. The fourth-order valence-electron chi connectivity index (χ4n) is 4.62. The molecule has 0 bridgehead atoms. The molecule has 0 radical (unpaired) electrons. The van der Waals surface area contributed by atoms with Crippen molar-refractivity contribution in [1.29, 1.82) is 0 Å². The van der Waals surface area contributed by atoms with Crippen LogP contribution < -0.4 is 16.0 Å². The molecule has 0 unspecified atom stereocenters. The third-order valence-electron chi connectivity index (χ3n) is 6.69. The molecule has 7 nitrogen and oxygen atoms in total. The van der Waals surface area contributed by atoms with Crippen LogP contribution in [0.3, 0.4) is 0 Å². The maximum atomic E-state index is 12.8. The first-order valence-corrected chi connectivity index (χ1v) is 13.1. The van der Waals surface area contributed by atoms with E-state index in [-0.39, 0.29) is 11.3 Å². The minimum Gasteiger partial charge on any atom is -0.383 e. The van der Waals surface area contributed by atoms with Crippen LogP contribution in [-0.4, -0.2) is 51.0 Å². The second kappa shape index (κ2) is 8.59. The molecule has 0 aliphatic carbocycles. The number of anilines is 2. The van der Waals surface area contributed by atoms with Crippen molar-refractivity contribution in [3.63, 3.8) is 0 Å². The minimum atomic E-state index is -3.32. The molecule has 2 aliphatic rings. The molecule has 3 heterocycles. The van der Waals surface area contributed by atoms with Gasteiger partial charge in [-0.3, -0.25) is 0 Å². The van der Waals surface area contributed by atoms with E-state index in [1.807, 2.05) is 30.3 Å². The lowest BCUT2D eigenvalue weighted by molar-refractivity contribution is 0.0575. The molecule has 33 heavy (non-hydrogen) atoms. The van der Waals surface area contributed by atoms with Gasteiger partial charge in [-0.15, -0.1) is 0 Å². The number of sulfone groups is 1. The number of pyridine rings is 1. The normalized spacial score (nSPS) is 19.6. The highest BCUT2D eigenvalue weighted by atomic mass is 32.2. The van der Waals surface area contributed by atoms with Gasteiger partial charge in [-0.05, 0) is 43.5 Å². The average molecular weight is 467 g/mol. The molecule has 8 heteroatoms. The summed E-state index contributed by atoms with van der Waals surface area (Å²) < 4.78 is 31.1. The summed E-state index contributed by atoms with van der Waals surface area (Å²) in [6.07, 6.45) is 1.63. The number of aryl methyl sites for hydroxylation is 1. The van der Waals surface area contributed by atoms with E-state index >= 15 is 0 Å². The highest BCUT2D eigenvalue weighted by Gasteiger charge is 2.29. The summed E-state index contributed by atoms with van der Waals surface area (Å²) in [6.45, 7) is 4.95. The van der Waals surface area contributed by atoms with Crippen molar-refractivity contribution in [2.45, 2.75) is 36.7 Å². The first-order chi connectivity index (χ1) is 15.8. The lowest BCUT2D eigenvalue weighted by Crippen LogP contribution is -2.50. The van der Waals surface area contributed by atoms with Gasteiger partial charge in [0.1, 0.15) is 5.82 Å². The van der Waals surface area contributed by atoms with E-state index < -0.39 is 9.84 Å². The summed E-state index contributed by atoms with van der Waals surface area (Å²) >= 11 is 0. The summed E-state index contributed by atoms with van der Waals surface area (Å²) in [4.78, 5) is 7.39. The molecule has 0 amide bonds. The maximum Gasteiger partial charge on any atom is 0.180 e. The van der Waals surface area contributed by atoms with E-state index in [0.29, 0.717) is 37.7 Å². The predicted molar refractivity (Wildman–Crippen MR) is 131 cm³/mol. The topological polar surface area (TPSA) is 97.6 Å². The van der Waals surface area contributed by atoms with Gasteiger partial charge in [0.25, 0.3) is 0 Å². The quantitative estimate of drug-likeness (QED) is 0.609. The van der Waals surface area contributed by atoms with E-state index in [1.54, 1.807) is 12.1 Å². The standard InChI is InChI=1S/C25H30N4O3S/c1-18-6-7-21-20(14-18)22(27-17-25(26)8-11-32-12-9-25)15-24(28-21)29-10-13-33(30,31)23-5-3-2-4-19(23)16-29/h2-7,14-15H,8-13,16-17,26H2,1H3,(H,27,28). The van der Waals surface area contributed by atoms with Crippen molar-refractivity contribution in [2.24, 2.45) is 5.73 Å².